The largest absolute Gasteiger partial charge is 0.398 e. The fraction of sp³-hybridized carbons (Fsp3) is 0.150. The van der Waals surface area contributed by atoms with Crippen molar-refractivity contribution in [2.24, 2.45) is 5.73 Å². The molecule has 1 aromatic heterocycles. The summed E-state index contributed by atoms with van der Waals surface area (Å²) in [7, 11) is 0. The smallest absolute Gasteiger partial charge is 0.245 e. The van der Waals surface area contributed by atoms with Crippen LogP contribution in [0.1, 0.15) is 16.7 Å². The second-order valence-electron chi connectivity index (χ2n) is 6.74. The van der Waals surface area contributed by atoms with Crippen LogP contribution < -0.4 is 11.5 Å². The van der Waals surface area contributed by atoms with E-state index in [4.69, 9.17) is 11.5 Å². The Balaban J connectivity index is 1.78. The number of hydrogen-bond acceptors (Lipinski definition) is 5. The van der Waals surface area contributed by atoms with Crippen LogP contribution in [-0.4, -0.2) is 27.5 Å². The van der Waals surface area contributed by atoms with E-state index in [0.29, 0.717) is 36.5 Å². The van der Waals surface area contributed by atoms with Crippen molar-refractivity contribution >= 4 is 22.5 Å². The molecule has 0 saturated carbocycles. The molecule has 0 unspecified atom stereocenters. The topological polar surface area (TPSA) is 125 Å². The summed E-state index contributed by atoms with van der Waals surface area (Å²) in [5.41, 5.74) is 18.0. The van der Waals surface area contributed by atoms with E-state index in [1.165, 1.54) is 0 Å². The highest BCUT2D eigenvalue weighted by molar-refractivity contribution is 5.92. The normalized spacial score (nSPS) is 13.4. The molecule has 7 nitrogen and oxygen atoms in total. The minimum atomic E-state index is -0.497. The quantitative estimate of drug-likeness (QED) is 0.486. The van der Waals surface area contributed by atoms with Crippen molar-refractivity contribution in [2.45, 2.75) is 13.1 Å². The first-order valence-corrected chi connectivity index (χ1v) is 8.45. The van der Waals surface area contributed by atoms with Crippen LogP contribution in [0.25, 0.3) is 22.0 Å². The van der Waals surface area contributed by atoms with Gasteiger partial charge in [-0.25, -0.2) is 0 Å². The van der Waals surface area contributed by atoms with Gasteiger partial charge in [0.2, 0.25) is 5.91 Å². The van der Waals surface area contributed by atoms with Gasteiger partial charge in [0, 0.05) is 36.3 Å². The molecule has 1 aliphatic rings. The van der Waals surface area contributed by atoms with E-state index in [-0.39, 0.29) is 0 Å². The van der Waals surface area contributed by atoms with Crippen LogP contribution >= 0.6 is 0 Å². The van der Waals surface area contributed by atoms with Crippen molar-refractivity contribution in [3.8, 4) is 17.2 Å². The Kier molecular flexibility index (Phi) is 3.90. The van der Waals surface area contributed by atoms with Crippen molar-refractivity contribution in [2.75, 3.05) is 12.3 Å². The lowest BCUT2D eigenvalue weighted by Crippen LogP contribution is -2.25. The number of nitrogens with two attached hydrogens (primary N) is 2. The number of nitrogen functional groups attached to an aromatic ring is 1. The summed E-state index contributed by atoms with van der Waals surface area (Å²) in [4.78, 5) is 13.4. The average Bonchev–Trinajstić information content (AvgIpc) is 3.28. The number of carbonyl (C=O) groups excluding carboxylic acids is 1. The minimum Gasteiger partial charge on any atom is -0.398 e. The van der Waals surface area contributed by atoms with Crippen LogP contribution in [0.5, 0.6) is 0 Å². The lowest BCUT2D eigenvalue weighted by molar-refractivity contribution is -0.114. The maximum atomic E-state index is 11.3. The third kappa shape index (κ3) is 2.82. The number of benzene rings is 2. The zero-order chi connectivity index (χ0) is 19.1. The number of carbonyl (C=O) groups is 1. The summed E-state index contributed by atoms with van der Waals surface area (Å²) in [6.45, 7) is 5.39. The molecule has 0 saturated heterocycles. The summed E-state index contributed by atoms with van der Waals surface area (Å²) in [6, 6.07) is 9.95. The predicted octanol–water partition coefficient (Wildman–Crippen LogP) is 2.04. The number of aromatic amines is 1. The molecule has 7 heteroatoms. The Morgan fingerprint density at radius 2 is 2.11 bits per heavy atom. The number of rotatable bonds is 4. The van der Waals surface area contributed by atoms with Gasteiger partial charge in [-0.3, -0.25) is 14.8 Å². The van der Waals surface area contributed by atoms with E-state index in [1.807, 2.05) is 24.3 Å². The zero-order valence-electron chi connectivity index (χ0n) is 14.6. The second-order valence-corrected chi connectivity index (χ2v) is 6.74. The molecule has 3 aromatic rings. The highest BCUT2D eigenvalue weighted by atomic mass is 16.1. The van der Waals surface area contributed by atoms with Gasteiger partial charge in [-0.2, -0.15) is 10.4 Å². The Hall–Kier alpha value is -3.63. The third-order valence-electron chi connectivity index (χ3n) is 4.97. The maximum absolute atomic E-state index is 11.3. The van der Waals surface area contributed by atoms with Crippen molar-refractivity contribution in [1.29, 1.82) is 5.26 Å². The van der Waals surface area contributed by atoms with Gasteiger partial charge in [0.25, 0.3) is 0 Å². The van der Waals surface area contributed by atoms with Crippen molar-refractivity contribution in [3.05, 3.63) is 59.3 Å². The van der Waals surface area contributed by atoms with Gasteiger partial charge in [0.05, 0.1) is 17.3 Å². The van der Waals surface area contributed by atoms with Gasteiger partial charge >= 0.3 is 0 Å². The van der Waals surface area contributed by atoms with Crippen molar-refractivity contribution < 1.29 is 4.79 Å². The van der Waals surface area contributed by atoms with E-state index < -0.39 is 5.91 Å². The number of amides is 1. The summed E-state index contributed by atoms with van der Waals surface area (Å²) in [5.74, 6) is -0.497. The van der Waals surface area contributed by atoms with Gasteiger partial charge in [-0.1, -0.05) is 12.6 Å². The van der Waals surface area contributed by atoms with E-state index in [9.17, 15) is 10.1 Å². The first kappa shape index (κ1) is 16.8. The van der Waals surface area contributed by atoms with Gasteiger partial charge in [-0.15, -0.1) is 0 Å². The number of nitrogens with one attached hydrogen (secondary N) is 1. The third-order valence-corrected chi connectivity index (χ3v) is 4.97. The van der Waals surface area contributed by atoms with Crippen molar-refractivity contribution in [3.63, 3.8) is 0 Å². The standard InChI is InChI=1S/C20H18N6O/c1-11(20(23)27)8-26-9-16-15(2-3-18(22)17(16)10-26)12-4-13(6-21)19-14(5-12)7-24-25-19/h2-5,7H,1,8-10,22H2,(H2,23,27)(H,24,25). The molecule has 2 aromatic carbocycles. The van der Waals surface area contributed by atoms with Gasteiger partial charge in [-0.05, 0) is 40.5 Å². The molecule has 1 amide bonds. The maximum Gasteiger partial charge on any atom is 0.245 e. The molecule has 0 aliphatic carbocycles. The van der Waals surface area contributed by atoms with Crippen LogP contribution in [0, 0.1) is 11.3 Å². The number of fused-ring (bicyclic) bond motifs is 2. The molecule has 0 fully saturated rings. The molecule has 5 N–H and O–H groups in total. The number of aromatic nitrogens is 2. The molecule has 0 spiro atoms. The number of H-pyrrole nitrogens is 1. The van der Waals surface area contributed by atoms with Crippen molar-refractivity contribution in [1.82, 2.24) is 15.1 Å². The molecule has 0 bridgehead atoms. The van der Waals surface area contributed by atoms with E-state index >= 15 is 0 Å². The minimum absolute atomic E-state index is 0.370. The fourth-order valence-corrected chi connectivity index (χ4v) is 3.61. The summed E-state index contributed by atoms with van der Waals surface area (Å²) < 4.78 is 0. The lowest BCUT2D eigenvalue weighted by atomic mass is 9.94. The Morgan fingerprint density at radius 1 is 1.33 bits per heavy atom. The van der Waals surface area contributed by atoms with Gasteiger partial charge < -0.3 is 11.5 Å². The molecule has 1 aliphatic heterocycles. The summed E-state index contributed by atoms with van der Waals surface area (Å²) in [6.07, 6.45) is 1.71. The number of hydrogen-bond donors (Lipinski definition) is 3. The fourth-order valence-electron chi connectivity index (χ4n) is 3.61. The van der Waals surface area contributed by atoms with E-state index in [0.717, 1.165) is 33.2 Å². The monoisotopic (exact) mass is 358 g/mol. The predicted molar refractivity (Wildman–Crippen MR) is 103 cm³/mol. The first-order chi connectivity index (χ1) is 13.0. The van der Waals surface area contributed by atoms with Gasteiger partial charge in [0.1, 0.15) is 6.07 Å². The molecule has 134 valence electrons. The first-order valence-electron chi connectivity index (χ1n) is 8.45. The van der Waals surface area contributed by atoms with E-state index in [1.54, 1.807) is 6.20 Å². The number of nitrogens with zero attached hydrogens (tertiary/aromatic N) is 3. The average molecular weight is 358 g/mol. The van der Waals surface area contributed by atoms with Crippen LogP contribution in [0.15, 0.2) is 42.6 Å². The zero-order valence-corrected chi connectivity index (χ0v) is 14.6. The Morgan fingerprint density at radius 3 is 2.85 bits per heavy atom. The number of nitriles is 1. The molecule has 0 atom stereocenters. The molecular formula is C20H18N6O. The second kappa shape index (κ2) is 6.27. The number of primary amides is 1. The summed E-state index contributed by atoms with van der Waals surface area (Å²) >= 11 is 0. The lowest BCUT2D eigenvalue weighted by Gasteiger charge is -2.15. The van der Waals surface area contributed by atoms with Gasteiger partial charge in [0.15, 0.2) is 0 Å². The Bertz CT molecular complexity index is 1140. The molecule has 0 radical (unpaired) electrons. The molecule has 4 rings (SSSR count). The Labute approximate surface area is 155 Å². The highest BCUT2D eigenvalue weighted by Gasteiger charge is 2.25. The molecular weight excluding hydrogens is 340 g/mol. The van der Waals surface area contributed by atoms with Crippen LogP contribution in [0.4, 0.5) is 5.69 Å². The molecule has 2 heterocycles. The van der Waals surface area contributed by atoms with Crippen LogP contribution in [0.3, 0.4) is 0 Å². The summed E-state index contributed by atoms with van der Waals surface area (Å²) in [5, 5.41) is 17.3. The SMILES string of the molecule is C=C(CN1Cc2c(N)ccc(-c3cc(C#N)c4[nH]ncc4c3)c2C1)C(N)=O. The number of anilines is 1. The van der Waals surface area contributed by atoms with Crippen LogP contribution in [-0.2, 0) is 17.9 Å². The molecule has 27 heavy (non-hydrogen) atoms. The van der Waals surface area contributed by atoms with E-state index in [2.05, 4.69) is 27.7 Å². The van der Waals surface area contributed by atoms with Crippen LogP contribution in [0.2, 0.25) is 0 Å². The highest BCUT2D eigenvalue weighted by Crippen LogP contribution is 2.37.